The van der Waals surface area contributed by atoms with Gasteiger partial charge in [0.05, 0.1) is 11.5 Å². The van der Waals surface area contributed by atoms with Crippen molar-refractivity contribution < 1.29 is 4.79 Å². The Morgan fingerprint density at radius 2 is 2.32 bits per heavy atom. The van der Waals surface area contributed by atoms with Crippen LogP contribution >= 0.6 is 0 Å². The van der Waals surface area contributed by atoms with E-state index >= 15 is 0 Å². The van der Waals surface area contributed by atoms with E-state index in [-0.39, 0.29) is 17.9 Å². The van der Waals surface area contributed by atoms with Gasteiger partial charge in [-0.2, -0.15) is 5.26 Å². The first-order valence-electron chi connectivity index (χ1n) is 6.68. The zero-order valence-electron chi connectivity index (χ0n) is 10.7. The zero-order chi connectivity index (χ0) is 13.2. The number of hydrogen-bond acceptors (Lipinski definition) is 4. The number of aromatic nitrogens is 1. The first-order chi connectivity index (χ1) is 9.28. The van der Waals surface area contributed by atoms with Crippen molar-refractivity contribution in [3.63, 3.8) is 0 Å². The molecule has 1 N–H and O–H groups in total. The first-order valence-corrected chi connectivity index (χ1v) is 6.68. The van der Waals surface area contributed by atoms with Crippen molar-refractivity contribution in [2.24, 2.45) is 5.92 Å². The zero-order valence-corrected chi connectivity index (χ0v) is 10.7. The topological polar surface area (TPSA) is 69.0 Å². The number of nitrogens with one attached hydrogen (secondary N) is 1. The summed E-state index contributed by atoms with van der Waals surface area (Å²) in [5.41, 5.74) is 0.579. The number of nitriles is 1. The highest BCUT2D eigenvalue weighted by molar-refractivity contribution is 5.80. The van der Waals surface area contributed by atoms with Gasteiger partial charge in [0.2, 0.25) is 5.91 Å². The number of pyridine rings is 1. The number of carbonyl (C=O) groups excluding carboxylic acids is 1. The molecule has 19 heavy (non-hydrogen) atoms. The Labute approximate surface area is 112 Å². The van der Waals surface area contributed by atoms with E-state index < -0.39 is 0 Å². The molecule has 98 valence electrons. The molecular formula is C14H16N4O. The molecule has 0 radical (unpaired) electrons. The summed E-state index contributed by atoms with van der Waals surface area (Å²) < 4.78 is 0. The summed E-state index contributed by atoms with van der Waals surface area (Å²) in [6, 6.07) is 5.90. The van der Waals surface area contributed by atoms with Crippen molar-refractivity contribution in [3.8, 4) is 6.07 Å². The maximum Gasteiger partial charge on any atom is 0.225 e. The number of nitrogens with zero attached hydrogens (tertiary/aromatic N) is 3. The van der Waals surface area contributed by atoms with E-state index in [1.54, 1.807) is 18.3 Å². The van der Waals surface area contributed by atoms with Gasteiger partial charge in [0.15, 0.2) is 0 Å². The van der Waals surface area contributed by atoms with Gasteiger partial charge in [0, 0.05) is 25.3 Å². The Hall–Kier alpha value is -2.09. The van der Waals surface area contributed by atoms with Crippen LogP contribution in [0.2, 0.25) is 0 Å². The van der Waals surface area contributed by atoms with E-state index in [0.29, 0.717) is 17.9 Å². The lowest BCUT2D eigenvalue weighted by Gasteiger charge is -2.28. The summed E-state index contributed by atoms with van der Waals surface area (Å²) in [4.78, 5) is 18.4. The summed E-state index contributed by atoms with van der Waals surface area (Å²) in [6.45, 7) is 1.40. The molecule has 2 fully saturated rings. The van der Waals surface area contributed by atoms with Gasteiger partial charge in [-0.3, -0.25) is 4.79 Å². The fraction of sp³-hybridized carbons (Fsp3) is 0.500. The molecule has 1 amide bonds. The molecule has 1 aromatic heterocycles. The lowest BCUT2D eigenvalue weighted by molar-refractivity contribution is -0.124. The van der Waals surface area contributed by atoms with E-state index in [1.807, 2.05) is 0 Å². The van der Waals surface area contributed by atoms with E-state index in [4.69, 9.17) is 0 Å². The van der Waals surface area contributed by atoms with Gasteiger partial charge in [0.25, 0.3) is 0 Å². The van der Waals surface area contributed by atoms with Crippen LogP contribution in [0.4, 0.5) is 5.82 Å². The van der Waals surface area contributed by atoms with Gasteiger partial charge in [-0.15, -0.1) is 0 Å². The highest BCUT2D eigenvalue weighted by Crippen LogP contribution is 2.26. The quantitative estimate of drug-likeness (QED) is 0.815. The van der Waals surface area contributed by atoms with Crippen LogP contribution in [0.1, 0.15) is 24.8 Å². The standard InChI is InChI=1S/C14H16N4O/c15-7-10-4-2-6-16-13(10)18-8-11-3-1-5-12(9-18)17-14(11)19/h2,4,6,11-12H,1,3,5,8-9H2,(H,17,19)/t11-,12+/m1/s1. The normalized spacial score (nSPS) is 26.3. The van der Waals surface area contributed by atoms with Crippen LogP contribution in [0.15, 0.2) is 18.3 Å². The third kappa shape index (κ3) is 2.26. The molecule has 0 saturated carbocycles. The highest BCUT2D eigenvalue weighted by atomic mass is 16.2. The second-order valence-electron chi connectivity index (χ2n) is 5.22. The van der Waals surface area contributed by atoms with Gasteiger partial charge in [0.1, 0.15) is 11.9 Å². The van der Waals surface area contributed by atoms with Gasteiger partial charge < -0.3 is 10.2 Å². The largest absolute Gasteiger partial charge is 0.353 e. The van der Waals surface area contributed by atoms with E-state index in [0.717, 1.165) is 25.8 Å². The molecule has 5 nitrogen and oxygen atoms in total. The smallest absolute Gasteiger partial charge is 0.225 e. The van der Waals surface area contributed by atoms with Crippen LogP contribution in [0, 0.1) is 17.2 Å². The number of carbonyl (C=O) groups is 1. The molecule has 0 spiro atoms. The number of hydrogen-bond donors (Lipinski definition) is 1. The van der Waals surface area contributed by atoms with Crippen LogP contribution in [0.3, 0.4) is 0 Å². The fourth-order valence-corrected chi connectivity index (χ4v) is 2.96. The van der Waals surface area contributed by atoms with Crippen LogP contribution in [0.25, 0.3) is 0 Å². The molecule has 5 heteroatoms. The molecule has 0 unspecified atom stereocenters. The molecule has 2 aliphatic rings. The van der Waals surface area contributed by atoms with Crippen molar-refractivity contribution >= 4 is 11.7 Å². The average molecular weight is 256 g/mol. The predicted octanol–water partition coefficient (Wildman–Crippen LogP) is 1.06. The number of fused-ring (bicyclic) bond motifs is 3. The minimum Gasteiger partial charge on any atom is -0.353 e. The summed E-state index contributed by atoms with van der Waals surface area (Å²) in [7, 11) is 0. The molecule has 2 bridgehead atoms. The summed E-state index contributed by atoms with van der Waals surface area (Å²) in [6.07, 6.45) is 4.72. The van der Waals surface area contributed by atoms with Crippen molar-refractivity contribution in [2.45, 2.75) is 25.3 Å². The third-order valence-electron chi connectivity index (χ3n) is 3.91. The van der Waals surface area contributed by atoms with Crippen molar-refractivity contribution in [1.29, 1.82) is 5.26 Å². The van der Waals surface area contributed by atoms with Gasteiger partial charge in [-0.05, 0) is 25.0 Å². The Morgan fingerprint density at radius 3 is 3.16 bits per heavy atom. The summed E-state index contributed by atoms with van der Waals surface area (Å²) >= 11 is 0. The second kappa shape index (κ2) is 4.88. The van der Waals surface area contributed by atoms with Crippen molar-refractivity contribution in [2.75, 3.05) is 18.0 Å². The highest BCUT2D eigenvalue weighted by Gasteiger charge is 2.33. The SMILES string of the molecule is N#Cc1cccnc1N1C[C@@H]2CCC[C@H](C1)C(=O)N2. The van der Waals surface area contributed by atoms with Crippen molar-refractivity contribution in [3.05, 3.63) is 23.9 Å². The summed E-state index contributed by atoms with van der Waals surface area (Å²) in [5, 5.41) is 12.3. The minimum atomic E-state index is 0.0149. The molecule has 2 atom stereocenters. The van der Waals surface area contributed by atoms with Crippen LogP contribution in [-0.4, -0.2) is 30.0 Å². The molecule has 3 heterocycles. The van der Waals surface area contributed by atoms with Gasteiger partial charge in [-0.25, -0.2) is 4.98 Å². The van der Waals surface area contributed by atoms with Crippen LogP contribution < -0.4 is 10.2 Å². The molecule has 0 aliphatic carbocycles. The van der Waals surface area contributed by atoms with E-state index in [9.17, 15) is 10.1 Å². The minimum absolute atomic E-state index is 0.0149. The third-order valence-corrected chi connectivity index (χ3v) is 3.91. The van der Waals surface area contributed by atoms with E-state index in [2.05, 4.69) is 21.3 Å². The average Bonchev–Trinajstić information content (AvgIpc) is 2.67. The molecule has 2 aliphatic heterocycles. The lowest BCUT2D eigenvalue weighted by Crippen LogP contribution is -2.39. The Kier molecular flexibility index (Phi) is 3.08. The van der Waals surface area contributed by atoms with Gasteiger partial charge >= 0.3 is 0 Å². The van der Waals surface area contributed by atoms with Crippen LogP contribution in [0.5, 0.6) is 0 Å². The maximum absolute atomic E-state index is 12.0. The Balaban J connectivity index is 1.94. The Bertz CT molecular complexity index is 536. The number of rotatable bonds is 1. The van der Waals surface area contributed by atoms with Crippen molar-refractivity contribution in [1.82, 2.24) is 10.3 Å². The molecule has 3 rings (SSSR count). The molecule has 0 aromatic carbocycles. The Morgan fingerprint density at radius 1 is 1.42 bits per heavy atom. The molecular weight excluding hydrogens is 240 g/mol. The number of anilines is 1. The lowest BCUT2D eigenvalue weighted by atomic mass is 9.99. The molecule has 1 aromatic rings. The van der Waals surface area contributed by atoms with E-state index in [1.165, 1.54) is 0 Å². The second-order valence-corrected chi connectivity index (χ2v) is 5.22. The number of amides is 1. The van der Waals surface area contributed by atoms with Crippen LogP contribution in [-0.2, 0) is 4.79 Å². The fourth-order valence-electron chi connectivity index (χ4n) is 2.96. The monoisotopic (exact) mass is 256 g/mol. The summed E-state index contributed by atoms with van der Waals surface area (Å²) in [5.74, 6) is 0.874. The van der Waals surface area contributed by atoms with Gasteiger partial charge in [-0.1, -0.05) is 6.42 Å². The maximum atomic E-state index is 12.0. The molecule has 2 saturated heterocycles. The first kappa shape index (κ1) is 12.0. The predicted molar refractivity (Wildman–Crippen MR) is 70.4 cm³/mol.